The maximum atomic E-state index is 11.4. The van der Waals surface area contributed by atoms with Crippen molar-refractivity contribution in [2.45, 2.75) is 25.3 Å². The zero-order valence-corrected chi connectivity index (χ0v) is 9.73. The van der Waals surface area contributed by atoms with Crippen LogP contribution >= 0.6 is 0 Å². The molecule has 0 unspecified atom stereocenters. The van der Waals surface area contributed by atoms with Gasteiger partial charge in [-0.3, -0.25) is 4.90 Å². The molecule has 1 aromatic carbocycles. The Balaban J connectivity index is 3.15. The van der Waals surface area contributed by atoms with Crippen LogP contribution in [-0.2, 0) is 10.3 Å². The third-order valence-corrected chi connectivity index (χ3v) is 2.90. The summed E-state index contributed by atoms with van der Waals surface area (Å²) in [6.45, 7) is 2.10. The van der Waals surface area contributed by atoms with Crippen molar-refractivity contribution in [3.8, 4) is 0 Å². The van der Waals surface area contributed by atoms with Gasteiger partial charge in [0.15, 0.2) is 0 Å². The molecule has 0 bridgehead atoms. The Hall–Kier alpha value is -1.15. The van der Waals surface area contributed by atoms with E-state index in [1.807, 2.05) is 49.3 Å². The van der Waals surface area contributed by atoms with Gasteiger partial charge in [0.25, 0.3) is 0 Å². The lowest BCUT2D eigenvalue weighted by Crippen LogP contribution is -2.42. The Labute approximate surface area is 91.9 Å². The van der Waals surface area contributed by atoms with Crippen molar-refractivity contribution >= 4 is 6.29 Å². The second kappa shape index (κ2) is 5.08. The first kappa shape index (κ1) is 11.9. The van der Waals surface area contributed by atoms with E-state index >= 15 is 0 Å². The zero-order valence-electron chi connectivity index (χ0n) is 9.73. The molecule has 1 aromatic rings. The summed E-state index contributed by atoms with van der Waals surface area (Å²) in [6, 6.07) is 9.97. The third-order valence-electron chi connectivity index (χ3n) is 2.90. The van der Waals surface area contributed by atoms with Gasteiger partial charge >= 0.3 is 0 Å². The highest BCUT2D eigenvalue weighted by Crippen LogP contribution is 2.29. The summed E-state index contributed by atoms with van der Waals surface area (Å²) < 4.78 is 0. The predicted octanol–water partition coefficient (Wildman–Crippen LogP) is 2.44. The molecule has 0 saturated heterocycles. The van der Waals surface area contributed by atoms with Gasteiger partial charge in [-0.15, -0.1) is 0 Å². The SMILES string of the molecule is CCC[C@@](C=O)(c1ccccc1)N(C)C. The minimum Gasteiger partial charge on any atom is -0.301 e. The van der Waals surface area contributed by atoms with E-state index in [-0.39, 0.29) is 0 Å². The van der Waals surface area contributed by atoms with Crippen LogP contribution in [0.15, 0.2) is 30.3 Å². The number of likely N-dealkylation sites (N-methyl/N-ethyl adjacent to an activating group) is 1. The van der Waals surface area contributed by atoms with Crippen LogP contribution < -0.4 is 0 Å². The van der Waals surface area contributed by atoms with E-state index < -0.39 is 5.54 Å². The molecule has 0 aliphatic heterocycles. The molecule has 0 fully saturated rings. The van der Waals surface area contributed by atoms with Crippen LogP contribution in [0.1, 0.15) is 25.3 Å². The lowest BCUT2D eigenvalue weighted by atomic mass is 9.86. The molecule has 0 aromatic heterocycles. The highest BCUT2D eigenvalue weighted by Gasteiger charge is 2.33. The molecule has 0 saturated carbocycles. The smallest absolute Gasteiger partial charge is 0.144 e. The maximum Gasteiger partial charge on any atom is 0.144 e. The molecule has 0 N–H and O–H groups in total. The lowest BCUT2D eigenvalue weighted by molar-refractivity contribution is -0.118. The third kappa shape index (κ3) is 2.26. The molecule has 0 heterocycles. The Morgan fingerprint density at radius 3 is 2.27 bits per heavy atom. The largest absolute Gasteiger partial charge is 0.301 e. The van der Waals surface area contributed by atoms with Gasteiger partial charge in [-0.1, -0.05) is 43.7 Å². The predicted molar refractivity (Wildman–Crippen MR) is 62.8 cm³/mol. The molecule has 0 amide bonds. The number of hydrogen-bond acceptors (Lipinski definition) is 2. The van der Waals surface area contributed by atoms with Gasteiger partial charge in [-0.2, -0.15) is 0 Å². The summed E-state index contributed by atoms with van der Waals surface area (Å²) in [6.07, 6.45) is 2.91. The zero-order chi connectivity index (χ0) is 11.3. The van der Waals surface area contributed by atoms with Crippen molar-refractivity contribution < 1.29 is 4.79 Å². The molecule has 2 heteroatoms. The fourth-order valence-corrected chi connectivity index (χ4v) is 1.97. The van der Waals surface area contributed by atoms with Gasteiger partial charge in [-0.05, 0) is 26.1 Å². The average molecular weight is 205 g/mol. The molecule has 82 valence electrons. The highest BCUT2D eigenvalue weighted by molar-refractivity contribution is 5.67. The number of hydrogen-bond donors (Lipinski definition) is 0. The highest BCUT2D eigenvalue weighted by atomic mass is 16.1. The van der Waals surface area contributed by atoms with Crippen LogP contribution in [0.25, 0.3) is 0 Å². The summed E-state index contributed by atoms with van der Waals surface area (Å²) in [5.41, 5.74) is 0.613. The summed E-state index contributed by atoms with van der Waals surface area (Å²) in [4.78, 5) is 13.4. The van der Waals surface area contributed by atoms with E-state index in [1.54, 1.807) is 0 Å². The van der Waals surface area contributed by atoms with E-state index in [1.165, 1.54) is 0 Å². The van der Waals surface area contributed by atoms with E-state index in [9.17, 15) is 4.79 Å². The fourth-order valence-electron chi connectivity index (χ4n) is 1.97. The summed E-state index contributed by atoms with van der Waals surface area (Å²) in [5.74, 6) is 0. The first-order chi connectivity index (χ1) is 7.17. The monoisotopic (exact) mass is 205 g/mol. The number of carbonyl (C=O) groups excluding carboxylic acids is 1. The van der Waals surface area contributed by atoms with E-state index in [0.29, 0.717) is 0 Å². The van der Waals surface area contributed by atoms with Crippen molar-refractivity contribution in [3.63, 3.8) is 0 Å². The van der Waals surface area contributed by atoms with Crippen molar-refractivity contribution in [1.82, 2.24) is 4.90 Å². The number of aldehydes is 1. The van der Waals surface area contributed by atoms with Gasteiger partial charge in [0.1, 0.15) is 11.8 Å². The first-order valence-electron chi connectivity index (χ1n) is 5.36. The second-order valence-electron chi connectivity index (χ2n) is 4.05. The average Bonchev–Trinajstić information content (AvgIpc) is 2.26. The van der Waals surface area contributed by atoms with Crippen molar-refractivity contribution in [2.75, 3.05) is 14.1 Å². The molecule has 15 heavy (non-hydrogen) atoms. The normalized spacial score (nSPS) is 14.9. The van der Waals surface area contributed by atoms with Gasteiger partial charge in [0, 0.05) is 0 Å². The Morgan fingerprint density at radius 2 is 1.87 bits per heavy atom. The quantitative estimate of drug-likeness (QED) is 0.688. The standard InChI is InChI=1S/C13H19NO/c1-4-10-13(11-15,14(2)3)12-8-6-5-7-9-12/h5-9,11H,4,10H2,1-3H3/t13-/m1/s1. The van der Waals surface area contributed by atoms with Crippen molar-refractivity contribution in [1.29, 1.82) is 0 Å². The Bertz CT molecular complexity index is 308. The topological polar surface area (TPSA) is 20.3 Å². The van der Waals surface area contributed by atoms with Gasteiger partial charge in [0.05, 0.1) is 0 Å². The van der Waals surface area contributed by atoms with Crippen LogP contribution in [-0.4, -0.2) is 25.3 Å². The molecular weight excluding hydrogens is 186 g/mol. The summed E-state index contributed by atoms with van der Waals surface area (Å²) >= 11 is 0. The van der Waals surface area contributed by atoms with Crippen LogP contribution in [0.3, 0.4) is 0 Å². The van der Waals surface area contributed by atoms with E-state index in [4.69, 9.17) is 0 Å². The molecular formula is C13H19NO. The van der Waals surface area contributed by atoms with E-state index in [0.717, 1.165) is 24.7 Å². The molecule has 0 spiro atoms. The maximum absolute atomic E-state index is 11.4. The summed E-state index contributed by atoms with van der Waals surface area (Å²) in [7, 11) is 3.91. The molecule has 1 rings (SSSR count). The Morgan fingerprint density at radius 1 is 1.27 bits per heavy atom. The van der Waals surface area contributed by atoms with Crippen molar-refractivity contribution in [2.24, 2.45) is 0 Å². The van der Waals surface area contributed by atoms with Crippen LogP contribution in [0.2, 0.25) is 0 Å². The summed E-state index contributed by atoms with van der Waals surface area (Å²) in [5, 5.41) is 0. The molecule has 0 aliphatic carbocycles. The first-order valence-corrected chi connectivity index (χ1v) is 5.36. The van der Waals surface area contributed by atoms with Crippen LogP contribution in [0.5, 0.6) is 0 Å². The van der Waals surface area contributed by atoms with Crippen LogP contribution in [0.4, 0.5) is 0 Å². The number of nitrogens with zero attached hydrogens (tertiary/aromatic N) is 1. The lowest BCUT2D eigenvalue weighted by Gasteiger charge is -2.35. The molecule has 0 radical (unpaired) electrons. The number of rotatable bonds is 5. The van der Waals surface area contributed by atoms with Gasteiger partial charge < -0.3 is 4.79 Å². The van der Waals surface area contributed by atoms with Crippen LogP contribution in [0, 0.1) is 0 Å². The molecule has 0 aliphatic rings. The Kier molecular flexibility index (Phi) is 4.04. The van der Waals surface area contributed by atoms with Gasteiger partial charge in [-0.25, -0.2) is 0 Å². The van der Waals surface area contributed by atoms with Crippen molar-refractivity contribution in [3.05, 3.63) is 35.9 Å². The molecule has 1 atom stereocenters. The second-order valence-corrected chi connectivity index (χ2v) is 4.05. The minimum absolute atomic E-state index is 0.462. The number of carbonyl (C=O) groups is 1. The van der Waals surface area contributed by atoms with Gasteiger partial charge in [0.2, 0.25) is 0 Å². The van der Waals surface area contributed by atoms with E-state index in [2.05, 4.69) is 6.92 Å². The number of benzene rings is 1. The molecule has 2 nitrogen and oxygen atoms in total. The fraction of sp³-hybridized carbons (Fsp3) is 0.462. The minimum atomic E-state index is -0.462.